The first-order valence-corrected chi connectivity index (χ1v) is 6.76. The summed E-state index contributed by atoms with van der Waals surface area (Å²) in [5.41, 5.74) is 2.11. The highest BCUT2D eigenvalue weighted by Gasteiger charge is 2.10. The van der Waals surface area contributed by atoms with Crippen molar-refractivity contribution >= 4 is 11.0 Å². The molecule has 0 saturated carbocycles. The maximum Gasteiger partial charge on any atom is 0.213 e. The van der Waals surface area contributed by atoms with Crippen molar-refractivity contribution in [2.24, 2.45) is 0 Å². The van der Waals surface area contributed by atoms with E-state index in [1.54, 1.807) is 13.3 Å². The molecule has 0 saturated heterocycles. The number of pyridine rings is 1. The minimum Gasteiger partial charge on any atom is -0.383 e. The Bertz CT molecular complexity index is 693. The van der Waals surface area contributed by atoms with E-state index in [1.165, 1.54) is 12.0 Å². The first-order valence-electron chi connectivity index (χ1n) is 6.76. The normalized spacial score (nSPS) is 11.3. The predicted molar refractivity (Wildman–Crippen MR) is 76.7 cm³/mol. The quantitative estimate of drug-likeness (QED) is 0.658. The molecule has 0 fully saturated rings. The Balaban J connectivity index is 1.83. The van der Waals surface area contributed by atoms with Crippen molar-refractivity contribution < 1.29 is 9.26 Å². The zero-order valence-corrected chi connectivity index (χ0v) is 11.8. The largest absolute Gasteiger partial charge is 0.383 e. The first-order chi connectivity index (χ1) is 10.4. The number of hydrogen-bond acceptors (Lipinski definition) is 6. The second-order valence-corrected chi connectivity index (χ2v) is 4.67. The second-order valence-electron chi connectivity index (χ2n) is 4.67. The molecule has 0 aromatic carbocycles. The van der Waals surface area contributed by atoms with Gasteiger partial charge in [0.05, 0.1) is 13.2 Å². The lowest BCUT2D eigenvalue weighted by Gasteiger charge is -2.02. The van der Waals surface area contributed by atoms with Crippen LogP contribution in [0, 0.1) is 0 Å². The van der Waals surface area contributed by atoms with Crippen molar-refractivity contribution in [2.45, 2.75) is 13.1 Å². The van der Waals surface area contributed by atoms with E-state index >= 15 is 0 Å². The third-order valence-electron chi connectivity index (χ3n) is 3.23. The van der Waals surface area contributed by atoms with Gasteiger partial charge in [-0.3, -0.25) is 0 Å². The van der Waals surface area contributed by atoms with Gasteiger partial charge in [0.15, 0.2) is 5.82 Å². The third kappa shape index (κ3) is 3.09. The standard InChI is InChI=1S/C14H17N5O2/c1-20-6-5-15-7-11-8-19(9-13-17-10-21-18-13)14-12(11)3-2-4-16-14/h2-4,8,10,15H,5-7,9H2,1H3. The van der Waals surface area contributed by atoms with Crippen LogP contribution in [-0.2, 0) is 17.8 Å². The van der Waals surface area contributed by atoms with Crippen LogP contribution in [-0.4, -0.2) is 40.0 Å². The molecule has 0 bridgehead atoms. The Kier molecular flexibility index (Phi) is 4.23. The number of aromatic nitrogens is 4. The molecule has 7 nitrogen and oxygen atoms in total. The van der Waals surface area contributed by atoms with Crippen LogP contribution < -0.4 is 5.32 Å². The molecule has 0 aliphatic heterocycles. The van der Waals surface area contributed by atoms with Crippen molar-refractivity contribution in [2.75, 3.05) is 20.3 Å². The van der Waals surface area contributed by atoms with Crippen molar-refractivity contribution in [3.05, 3.63) is 42.3 Å². The Morgan fingerprint density at radius 3 is 3.14 bits per heavy atom. The van der Waals surface area contributed by atoms with Gasteiger partial charge < -0.3 is 19.1 Å². The van der Waals surface area contributed by atoms with Crippen LogP contribution in [0.3, 0.4) is 0 Å². The lowest BCUT2D eigenvalue weighted by molar-refractivity contribution is 0.199. The number of nitrogens with zero attached hydrogens (tertiary/aromatic N) is 4. The number of methoxy groups -OCH3 is 1. The summed E-state index contributed by atoms with van der Waals surface area (Å²) in [6, 6.07) is 4.02. The van der Waals surface area contributed by atoms with Gasteiger partial charge in [-0.2, -0.15) is 4.98 Å². The summed E-state index contributed by atoms with van der Waals surface area (Å²) < 4.78 is 11.8. The highest BCUT2D eigenvalue weighted by atomic mass is 16.5. The summed E-state index contributed by atoms with van der Waals surface area (Å²) in [5, 5.41) is 8.33. The van der Waals surface area contributed by atoms with Gasteiger partial charge in [0.2, 0.25) is 6.39 Å². The smallest absolute Gasteiger partial charge is 0.213 e. The molecule has 7 heteroatoms. The summed E-state index contributed by atoms with van der Waals surface area (Å²) in [6.45, 7) is 2.82. The van der Waals surface area contributed by atoms with E-state index in [1.807, 2.05) is 10.6 Å². The van der Waals surface area contributed by atoms with Crippen LogP contribution in [0.25, 0.3) is 11.0 Å². The van der Waals surface area contributed by atoms with Crippen molar-refractivity contribution in [1.29, 1.82) is 0 Å². The number of ether oxygens (including phenoxy) is 1. The molecule has 0 amide bonds. The van der Waals surface area contributed by atoms with Gasteiger partial charge in [0.25, 0.3) is 0 Å². The molecule has 3 rings (SSSR count). The molecule has 3 aromatic rings. The van der Waals surface area contributed by atoms with Crippen molar-refractivity contribution in [3.63, 3.8) is 0 Å². The maximum atomic E-state index is 5.04. The number of rotatable bonds is 7. The van der Waals surface area contributed by atoms with Crippen LogP contribution in [0.5, 0.6) is 0 Å². The fourth-order valence-electron chi connectivity index (χ4n) is 2.27. The van der Waals surface area contributed by atoms with E-state index in [2.05, 4.69) is 32.7 Å². The van der Waals surface area contributed by atoms with E-state index in [9.17, 15) is 0 Å². The first kappa shape index (κ1) is 13.7. The predicted octanol–water partition coefficient (Wildman–Crippen LogP) is 1.20. The number of fused-ring (bicyclic) bond motifs is 1. The molecular weight excluding hydrogens is 270 g/mol. The highest BCUT2D eigenvalue weighted by Crippen LogP contribution is 2.19. The minimum absolute atomic E-state index is 0.544. The van der Waals surface area contributed by atoms with Gasteiger partial charge in [-0.25, -0.2) is 4.98 Å². The zero-order valence-electron chi connectivity index (χ0n) is 11.8. The van der Waals surface area contributed by atoms with Crippen LogP contribution in [0.2, 0.25) is 0 Å². The van der Waals surface area contributed by atoms with Crippen molar-refractivity contribution in [3.8, 4) is 0 Å². The molecule has 0 unspecified atom stereocenters. The lowest BCUT2D eigenvalue weighted by Crippen LogP contribution is -2.18. The molecule has 3 heterocycles. The van der Waals surface area contributed by atoms with Crippen LogP contribution >= 0.6 is 0 Å². The molecule has 0 radical (unpaired) electrons. The molecule has 110 valence electrons. The molecule has 21 heavy (non-hydrogen) atoms. The topological polar surface area (TPSA) is 78.0 Å². The Morgan fingerprint density at radius 2 is 2.33 bits per heavy atom. The molecule has 0 aliphatic carbocycles. The maximum absolute atomic E-state index is 5.04. The highest BCUT2D eigenvalue weighted by molar-refractivity contribution is 5.80. The molecular formula is C14H17N5O2. The van der Waals surface area contributed by atoms with E-state index < -0.39 is 0 Å². The number of nitrogens with one attached hydrogen (secondary N) is 1. The van der Waals surface area contributed by atoms with Gasteiger partial charge >= 0.3 is 0 Å². The molecule has 1 N–H and O–H groups in total. The fraction of sp³-hybridized carbons (Fsp3) is 0.357. The van der Waals surface area contributed by atoms with Crippen LogP contribution in [0.1, 0.15) is 11.4 Å². The summed E-state index contributed by atoms with van der Waals surface area (Å²) in [5.74, 6) is 0.636. The Hall–Kier alpha value is -2.25. The van der Waals surface area contributed by atoms with E-state index in [-0.39, 0.29) is 0 Å². The van der Waals surface area contributed by atoms with Crippen LogP contribution in [0.4, 0.5) is 0 Å². The minimum atomic E-state index is 0.544. The van der Waals surface area contributed by atoms with Crippen LogP contribution in [0.15, 0.2) is 35.4 Å². The second kappa shape index (κ2) is 6.47. The van der Waals surface area contributed by atoms with Crippen molar-refractivity contribution in [1.82, 2.24) is 25.0 Å². The van der Waals surface area contributed by atoms with Gasteiger partial charge in [0.1, 0.15) is 5.65 Å². The van der Waals surface area contributed by atoms with E-state index in [0.29, 0.717) is 19.0 Å². The van der Waals surface area contributed by atoms with Gasteiger partial charge in [-0.15, -0.1) is 0 Å². The van der Waals surface area contributed by atoms with E-state index in [4.69, 9.17) is 9.26 Å². The average Bonchev–Trinajstić information content (AvgIpc) is 3.13. The Morgan fingerprint density at radius 1 is 1.38 bits per heavy atom. The molecule has 3 aromatic heterocycles. The summed E-state index contributed by atoms with van der Waals surface area (Å²) >= 11 is 0. The average molecular weight is 287 g/mol. The lowest BCUT2D eigenvalue weighted by atomic mass is 10.2. The summed E-state index contributed by atoms with van der Waals surface area (Å²) in [4.78, 5) is 8.51. The van der Waals surface area contributed by atoms with Gasteiger partial charge in [0, 0.05) is 38.0 Å². The number of hydrogen-bond donors (Lipinski definition) is 1. The zero-order chi connectivity index (χ0) is 14.5. The third-order valence-corrected chi connectivity index (χ3v) is 3.23. The Labute approximate surface area is 121 Å². The fourth-order valence-corrected chi connectivity index (χ4v) is 2.27. The molecule has 0 atom stereocenters. The SMILES string of the molecule is COCCNCc1cn(Cc2ncon2)c2ncccc12. The molecule has 0 spiro atoms. The van der Waals surface area contributed by atoms with Gasteiger partial charge in [-0.1, -0.05) is 5.16 Å². The summed E-state index contributed by atoms with van der Waals surface area (Å²) in [6.07, 6.45) is 5.20. The molecule has 0 aliphatic rings. The van der Waals surface area contributed by atoms with E-state index in [0.717, 1.165) is 24.1 Å². The summed E-state index contributed by atoms with van der Waals surface area (Å²) in [7, 11) is 1.70. The van der Waals surface area contributed by atoms with Gasteiger partial charge in [-0.05, 0) is 17.7 Å². The monoisotopic (exact) mass is 287 g/mol.